The van der Waals surface area contributed by atoms with Crippen molar-refractivity contribution >= 4 is 17.9 Å². The van der Waals surface area contributed by atoms with Gasteiger partial charge in [0.25, 0.3) is 0 Å². The van der Waals surface area contributed by atoms with Gasteiger partial charge >= 0.3 is 6.03 Å². The van der Waals surface area contributed by atoms with Crippen molar-refractivity contribution in [3.8, 4) is 11.5 Å². The molecule has 3 N–H and O–H groups in total. The molecule has 0 unspecified atom stereocenters. The lowest BCUT2D eigenvalue weighted by atomic mass is 10.2. The minimum atomic E-state index is -0.441. The van der Waals surface area contributed by atoms with E-state index in [1.165, 1.54) is 19.4 Å². The van der Waals surface area contributed by atoms with E-state index in [4.69, 9.17) is 4.74 Å². The van der Waals surface area contributed by atoms with Crippen molar-refractivity contribution in [3.63, 3.8) is 0 Å². The Hall–Kier alpha value is -3.02. The first-order valence-electron chi connectivity index (χ1n) is 6.21. The molecule has 0 aliphatic heterocycles. The van der Waals surface area contributed by atoms with Crippen LogP contribution in [0, 0.1) is 0 Å². The van der Waals surface area contributed by atoms with Crippen molar-refractivity contribution in [2.24, 2.45) is 5.10 Å². The summed E-state index contributed by atoms with van der Waals surface area (Å²) in [5, 5.41) is 15.9. The van der Waals surface area contributed by atoms with E-state index in [1.807, 2.05) is 18.2 Å². The lowest BCUT2D eigenvalue weighted by Gasteiger charge is -2.04. The molecule has 2 aromatic rings. The first-order chi connectivity index (χ1) is 10.2. The minimum absolute atomic E-state index is 0.0458. The zero-order valence-corrected chi connectivity index (χ0v) is 11.4. The molecule has 2 rings (SSSR count). The monoisotopic (exact) mass is 285 g/mol. The Morgan fingerprint density at radius 3 is 2.71 bits per heavy atom. The SMILES string of the molecule is COc1cc(/C=N\NC(=O)Nc2ccccc2)ccc1O. The number of urea groups is 1. The first-order valence-corrected chi connectivity index (χ1v) is 6.21. The Morgan fingerprint density at radius 1 is 1.24 bits per heavy atom. The number of carbonyl (C=O) groups excluding carboxylic acids is 1. The third-order valence-electron chi connectivity index (χ3n) is 2.62. The van der Waals surface area contributed by atoms with Gasteiger partial charge in [0.1, 0.15) is 0 Å². The number of hydrogen-bond acceptors (Lipinski definition) is 4. The van der Waals surface area contributed by atoms with Gasteiger partial charge in [0.15, 0.2) is 11.5 Å². The van der Waals surface area contributed by atoms with Crippen LogP contribution in [0.3, 0.4) is 0 Å². The van der Waals surface area contributed by atoms with Crippen LogP contribution in [0.15, 0.2) is 53.6 Å². The van der Waals surface area contributed by atoms with Gasteiger partial charge in [-0.05, 0) is 35.9 Å². The highest BCUT2D eigenvalue weighted by molar-refractivity contribution is 5.90. The van der Waals surface area contributed by atoms with Crippen LogP contribution < -0.4 is 15.5 Å². The number of para-hydroxylation sites is 1. The zero-order valence-electron chi connectivity index (χ0n) is 11.4. The second-order valence-corrected chi connectivity index (χ2v) is 4.12. The van der Waals surface area contributed by atoms with Crippen LogP contribution in [0.1, 0.15) is 5.56 Å². The van der Waals surface area contributed by atoms with Crippen LogP contribution in [0.4, 0.5) is 10.5 Å². The van der Waals surface area contributed by atoms with Crippen LogP contribution in [-0.4, -0.2) is 24.5 Å². The molecule has 6 heteroatoms. The number of hydrazone groups is 1. The molecule has 0 bridgehead atoms. The number of phenols is 1. The summed E-state index contributed by atoms with van der Waals surface area (Å²) < 4.78 is 4.98. The van der Waals surface area contributed by atoms with Crippen molar-refractivity contribution in [2.45, 2.75) is 0 Å². The third kappa shape index (κ3) is 4.24. The van der Waals surface area contributed by atoms with Crippen LogP contribution in [0.2, 0.25) is 0 Å². The van der Waals surface area contributed by atoms with Gasteiger partial charge in [-0.3, -0.25) is 0 Å². The van der Waals surface area contributed by atoms with Crippen molar-refractivity contribution < 1.29 is 14.6 Å². The summed E-state index contributed by atoms with van der Waals surface area (Å²) in [5.74, 6) is 0.386. The number of carbonyl (C=O) groups is 1. The predicted molar refractivity (Wildman–Crippen MR) is 80.8 cm³/mol. The first kappa shape index (κ1) is 14.4. The van der Waals surface area contributed by atoms with E-state index in [2.05, 4.69) is 15.8 Å². The van der Waals surface area contributed by atoms with Gasteiger partial charge in [-0.2, -0.15) is 5.10 Å². The molecule has 6 nitrogen and oxygen atoms in total. The van der Waals surface area contributed by atoms with Crippen LogP contribution in [-0.2, 0) is 0 Å². The Kier molecular flexibility index (Phi) is 4.76. The van der Waals surface area contributed by atoms with Crippen molar-refractivity contribution in [3.05, 3.63) is 54.1 Å². The molecular formula is C15H15N3O3. The minimum Gasteiger partial charge on any atom is -0.504 e. The Balaban J connectivity index is 1.91. The number of benzene rings is 2. The fourth-order valence-corrected chi connectivity index (χ4v) is 1.62. The van der Waals surface area contributed by atoms with Gasteiger partial charge < -0.3 is 15.2 Å². The van der Waals surface area contributed by atoms with E-state index in [-0.39, 0.29) is 5.75 Å². The Labute approximate surface area is 122 Å². The molecule has 0 fully saturated rings. The van der Waals surface area contributed by atoms with Gasteiger partial charge in [0, 0.05) is 5.69 Å². The number of anilines is 1. The quantitative estimate of drug-likeness (QED) is 0.596. The maximum Gasteiger partial charge on any atom is 0.339 e. The van der Waals surface area contributed by atoms with E-state index in [1.54, 1.807) is 24.3 Å². The van der Waals surface area contributed by atoms with Crippen molar-refractivity contribution in [1.82, 2.24) is 5.43 Å². The molecule has 108 valence electrons. The number of nitrogens with one attached hydrogen (secondary N) is 2. The Morgan fingerprint density at radius 2 is 2.00 bits per heavy atom. The fourth-order valence-electron chi connectivity index (χ4n) is 1.62. The summed E-state index contributed by atoms with van der Waals surface area (Å²) in [7, 11) is 1.46. The van der Waals surface area contributed by atoms with Crippen LogP contribution >= 0.6 is 0 Å². The van der Waals surface area contributed by atoms with Gasteiger partial charge in [-0.25, -0.2) is 10.2 Å². The summed E-state index contributed by atoms with van der Waals surface area (Å²) in [6.45, 7) is 0. The average molecular weight is 285 g/mol. The van der Waals surface area contributed by atoms with Crippen molar-refractivity contribution in [1.29, 1.82) is 0 Å². The second kappa shape index (κ2) is 6.95. The molecule has 2 aromatic carbocycles. The van der Waals surface area contributed by atoms with Gasteiger partial charge in [-0.1, -0.05) is 18.2 Å². The molecule has 0 heterocycles. The van der Waals surface area contributed by atoms with E-state index < -0.39 is 6.03 Å². The molecular weight excluding hydrogens is 270 g/mol. The molecule has 0 saturated heterocycles. The number of rotatable bonds is 4. The molecule has 0 aliphatic rings. The zero-order chi connectivity index (χ0) is 15.1. The number of ether oxygens (including phenoxy) is 1. The predicted octanol–water partition coefficient (Wildman–Crippen LogP) is 2.56. The van der Waals surface area contributed by atoms with Gasteiger partial charge in [0.2, 0.25) is 0 Å². The molecule has 0 radical (unpaired) electrons. The summed E-state index contributed by atoms with van der Waals surface area (Å²) in [6.07, 6.45) is 1.45. The molecule has 0 atom stereocenters. The normalized spacial score (nSPS) is 10.3. The number of hydrogen-bond donors (Lipinski definition) is 3. The van der Waals surface area contributed by atoms with Crippen molar-refractivity contribution in [2.75, 3.05) is 12.4 Å². The molecule has 0 aromatic heterocycles. The average Bonchev–Trinajstić information content (AvgIpc) is 2.50. The van der Waals surface area contributed by atoms with Crippen LogP contribution in [0.5, 0.6) is 11.5 Å². The highest BCUT2D eigenvalue weighted by Gasteiger charge is 2.01. The third-order valence-corrected chi connectivity index (χ3v) is 2.62. The number of amides is 2. The maximum atomic E-state index is 11.6. The lowest BCUT2D eigenvalue weighted by Crippen LogP contribution is -2.24. The highest BCUT2D eigenvalue weighted by atomic mass is 16.5. The summed E-state index contributed by atoms with van der Waals surface area (Å²) in [6, 6.07) is 13.4. The van der Waals surface area contributed by atoms with E-state index in [9.17, 15) is 9.90 Å². The maximum absolute atomic E-state index is 11.6. The van der Waals surface area contributed by atoms with E-state index >= 15 is 0 Å². The number of methoxy groups -OCH3 is 1. The van der Waals surface area contributed by atoms with Gasteiger partial charge in [-0.15, -0.1) is 0 Å². The number of aromatic hydroxyl groups is 1. The Bertz CT molecular complexity index is 642. The number of phenolic OH excluding ortho intramolecular Hbond substituents is 1. The van der Waals surface area contributed by atoms with E-state index in [0.29, 0.717) is 17.0 Å². The van der Waals surface area contributed by atoms with Crippen LogP contribution in [0.25, 0.3) is 0 Å². The summed E-state index contributed by atoms with van der Waals surface area (Å²) in [5.41, 5.74) is 3.71. The molecule has 0 spiro atoms. The fraction of sp³-hybridized carbons (Fsp3) is 0.0667. The topological polar surface area (TPSA) is 83.0 Å². The molecule has 2 amide bonds. The summed E-state index contributed by atoms with van der Waals surface area (Å²) in [4.78, 5) is 11.6. The number of nitrogens with zero attached hydrogens (tertiary/aromatic N) is 1. The summed E-state index contributed by atoms with van der Waals surface area (Å²) >= 11 is 0. The smallest absolute Gasteiger partial charge is 0.339 e. The molecule has 0 saturated carbocycles. The second-order valence-electron chi connectivity index (χ2n) is 4.12. The molecule has 21 heavy (non-hydrogen) atoms. The largest absolute Gasteiger partial charge is 0.504 e. The van der Waals surface area contributed by atoms with E-state index in [0.717, 1.165) is 0 Å². The van der Waals surface area contributed by atoms with Gasteiger partial charge in [0.05, 0.1) is 13.3 Å². The standard InChI is InChI=1S/C15H15N3O3/c1-21-14-9-11(7-8-13(14)19)10-16-18-15(20)17-12-5-3-2-4-6-12/h2-10,19H,1H3,(H2,17,18,20)/b16-10-. The highest BCUT2D eigenvalue weighted by Crippen LogP contribution is 2.25. The molecule has 0 aliphatic carbocycles. The lowest BCUT2D eigenvalue weighted by molar-refractivity contribution is 0.252.